The fraction of sp³-hybridized carbons (Fsp3) is 0. The summed E-state index contributed by atoms with van der Waals surface area (Å²) >= 11 is 0. The predicted octanol–water partition coefficient (Wildman–Crippen LogP) is 11.1. The normalized spacial score (nSPS) is 10.8. The van der Waals surface area contributed by atoms with Crippen LogP contribution in [0, 0.1) is 12.1 Å². The van der Waals surface area contributed by atoms with Gasteiger partial charge in [-0.15, -0.1) is 0 Å². The highest BCUT2D eigenvalue weighted by Gasteiger charge is 2.16. The van der Waals surface area contributed by atoms with E-state index >= 15 is 0 Å². The maximum Gasteiger partial charge on any atom is 0.164 e. The van der Waals surface area contributed by atoms with Gasteiger partial charge >= 0.3 is 0 Å². The largest absolute Gasteiger partial charge is 0.208 e. The van der Waals surface area contributed by atoms with E-state index in [1.807, 2.05) is 84.9 Å². The summed E-state index contributed by atoms with van der Waals surface area (Å²) in [6.45, 7) is 0. The van der Waals surface area contributed by atoms with Gasteiger partial charge in [-0.1, -0.05) is 133 Å². The first-order valence-corrected chi connectivity index (χ1v) is 15.9. The molecule has 0 amide bonds. The van der Waals surface area contributed by atoms with Crippen LogP contribution in [0.2, 0.25) is 0 Å². The molecule has 0 aliphatic rings. The second-order valence-electron chi connectivity index (χ2n) is 11.6. The molecular weight excluding hydrogens is 583 g/mol. The monoisotopic (exact) mass is 611 g/mol. The number of hydrogen-bond donors (Lipinski definition) is 0. The van der Waals surface area contributed by atoms with Gasteiger partial charge < -0.3 is 0 Å². The standard InChI is InChI=1S/C45H29N3/c1-6-16-32(17-7-1)37-26-38(33-18-8-2-9-19-33)28-40(27-37)41-29-39(34-20-10-3-11-21-34)30-42(31-41)45-47-43(35-22-12-4-13-23-35)46-44(48-45)36-24-14-5-15-25-36/h1,3-8,10-31H. The molecule has 1 aromatic heterocycles. The molecule has 1 heterocycles. The molecule has 0 bridgehead atoms. The molecule has 3 nitrogen and oxygen atoms in total. The van der Waals surface area contributed by atoms with Gasteiger partial charge in [-0.25, -0.2) is 15.0 Å². The van der Waals surface area contributed by atoms with Crippen LogP contribution in [-0.4, -0.2) is 15.0 Å². The summed E-state index contributed by atoms with van der Waals surface area (Å²) in [5.74, 6) is 1.89. The number of aromatic nitrogens is 3. The SMILES string of the molecule is c1ccc(-c2cc(-c3ccccc3)cc(-c3cc(-c4ccccc4)cc(-c4nc(-c5ccccc5)nc(-c5ccccc5)n4)c3)c2)cc#1. The molecule has 8 aromatic rings. The first-order valence-electron chi connectivity index (χ1n) is 15.9. The zero-order valence-corrected chi connectivity index (χ0v) is 26.1. The van der Waals surface area contributed by atoms with E-state index in [2.05, 4.69) is 103 Å². The number of benzene rings is 6. The lowest BCUT2D eigenvalue weighted by Gasteiger charge is -2.14. The minimum Gasteiger partial charge on any atom is -0.208 e. The summed E-state index contributed by atoms with van der Waals surface area (Å²) in [7, 11) is 0. The Balaban J connectivity index is 1.36. The first-order chi connectivity index (χ1) is 23.8. The van der Waals surface area contributed by atoms with Crippen molar-refractivity contribution in [1.82, 2.24) is 15.0 Å². The van der Waals surface area contributed by atoms with Crippen LogP contribution >= 0.6 is 0 Å². The van der Waals surface area contributed by atoms with Crippen molar-refractivity contribution in [3.8, 4) is 78.7 Å². The van der Waals surface area contributed by atoms with Crippen molar-refractivity contribution in [2.45, 2.75) is 0 Å². The smallest absolute Gasteiger partial charge is 0.164 e. The van der Waals surface area contributed by atoms with Gasteiger partial charge in [-0.05, 0) is 99.1 Å². The number of rotatable bonds is 7. The van der Waals surface area contributed by atoms with Crippen LogP contribution < -0.4 is 0 Å². The highest BCUT2D eigenvalue weighted by molar-refractivity contribution is 5.85. The van der Waals surface area contributed by atoms with Crippen LogP contribution in [-0.2, 0) is 0 Å². The summed E-state index contributed by atoms with van der Waals surface area (Å²) in [6, 6.07) is 66.7. The third-order valence-electron chi connectivity index (χ3n) is 8.36. The third-order valence-corrected chi connectivity index (χ3v) is 8.36. The van der Waals surface area contributed by atoms with Crippen LogP contribution in [0.5, 0.6) is 0 Å². The maximum atomic E-state index is 5.07. The Morgan fingerprint density at radius 3 is 1.00 bits per heavy atom. The molecule has 0 saturated carbocycles. The van der Waals surface area contributed by atoms with E-state index in [9.17, 15) is 0 Å². The van der Waals surface area contributed by atoms with Crippen molar-refractivity contribution in [3.05, 3.63) is 188 Å². The lowest BCUT2D eigenvalue weighted by atomic mass is 9.91. The van der Waals surface area contributed by atoms with Gasteiger partial charge in [0.15, 0.2) is 17.5 Å². The summed E-state index contributed by atoms with van der Waals surface area (Å²) in [4.78, 5) is 15.1. The van der Waals surface area contributed by atoms with E-state index in [1.165, 1.54) is 0 Å². The average molecular weight is 612 g/mol. The van der Waals surface area contributed by atoms with Crippen LogP contribution in [0.25, 0.3) is 78.7 Å². The topological polar surface area (TPSA) is 38.7 Å². The van der Waals surface area contributed by atoms with Gasteiger partial charge in [0.2, 0.25) is 0 Å². The maximum absolute atomic E-state index is 5.07. The Bertz CT molecular complexity index is 2040. The summed E-state index contributed by atoms with van der Waals surface area (Å²) in [5, 5.41) is 0. The van der Waals surface area contributed by atoms with Crippen molar-refractivity contribution in [3.63, 3.8) is 0 Å². The zero-order chi connectivity index (χ0) is 32.1. The number of hydrogen-bond acceptors (Lipinski definition) is 3. The average Bonchev–Trinajstić information content (AvgIpc) is 3.19. The quantitative estimate of drug-likeness (QED) is 0.180. The Labute approximate surface area is 280 Å². The van der Waals surface area contributed by atoms with Gasteiger partial charge in [0.1, 0.15) is 0 Å². The van der Waals surface area contributed by atoms with E-state index in [0.29, 0.717) is 17.5 Å². The van der Waals surface area contributed by atoms with E-state index in [-0.39, 0.29) is 0 Å². The molecule has 224 valence electrons. The molecule has 8 rings (SSSR count). The van der Waals surface area contributed by atoms with Crippen LogP contribution in [0.3, 0.4) is 0 Å². The van der Waals surface area contributed by atoms with E-state index in [0.717, 1.165) is 61.2 Å². The molecule has 0 atom stereocenters. The van der Waals surface area contributed by atoms with Crippen LogP contribution in [0.1, 0.15) is 0 Å². The van der Waals surface area contributed by atoms with Crippen molar-refractivity contribution in [2.75, 3.05) is 0 Å². The summed E-state index contributed by atoms with van der Waals surface area (Å²) in [6.07, 6.45) is 0. The fourth-order valence-electron chi connectivity index (χ4n) is 5.94. The van der Waals surface area contributed by atoms with Crippen molar-refractivity contribution in [1.29, 1.82) is 0 Å². The minimum atomic E-state index is 0.620. The van der Waals surface area contributed by atoms with Crippen LogP contribution in [0.4, 0.5) is 0 Å². The zero-order valence-electron chi connectivity index (χ0n) is 26.1. The molecule has 0 aliphatic carbocycles. The molecule has 0 fully saturated rings. The van der Waals surface area contributed by atoms with Crippen LogP contribution in [0.15, 0.2) is 176 Å². The molecule has 0 saturated heterocycles. The Morgan fingerprint density at radius 1 is 0.271 bits per heavy atom. The van der Waals surface area contributed by atoms with Crippen molar-refractivity contribution in [2.24, 2.45) is 0 Å². The Hall–Kier alpha value is -6.63. The fourth-order valence-corrected chi connectivity index (χ4v) is 5.94. The number of nitrogens with zero attached hydrogens (tertiary/aromatic N) is 3. The second-order valence-corrected chi connectivity index (χ2v) is 11.6. The lowest BCUT2D eigenvalue weighted by Crippen LogP contribution is -2.00. The van der Waals surface area contributed by atoms with E-state index in [4.69, 9.17) is 15.0 Å². The first kappa shape index (κ1) is 28.8. The lowest BCUT2D eigenvalue weighted by molar-refractivity contribution is 1.07. The molecule has 0 unspecified atom stereocenters. The van der Waals surface area contributed by atoms with Crippen molar-refractivity contribution >= 4 is 0 Å². The second kappa shape index (κ2) is 13.0. The Kier molecular flexibility index (Phi) is 7.81. The third kappa shape index (κ3) is 6.11. The molecule has 0 N–H and O–H groups in total. The molecule has 0 radical (unpaired) electrons. The molecule has 0 aliphatic heterocycles. The van der Waals surface area contributed by atoms with Gasteiger partial charge in [0, 0.05) is 16.7 Å². The van der Waals surface area contributed by atoms with Gasteiger partial charge in [-0.2, -0.15) is 0 Å². The molecular formula is C45H29N3. The molecule has 7 aromatic carbocycles. The molecule has 3 heteroatoms. The van der Waals surface area contributed by atoms with Gasteiger partial charge in [-0.3, -0.25) is 0 Å². The molecule has 0 spiro atoms. The minimum absolute atomic E-state index is 0.620. The van der Waals surface area contributed by atoms with E-state index < -0.39 is 0 Å². The van der Waals surface area contributed by atoms with Gasteiger partial charge in [0.25, 0.3) is 0 Å². The predicted molar refractivity (Wildman–Crippen MR) is 196 cm³/mol. The summed E-state index contributed by atoms with van der Waals surface area (Å²) in [5.41, 5.74) is 11.7. The summed E-state index contributed by atoms with van der Waals surface area (Å²) < 4.78 is 0. The van der Waals surface area contributed by atoms with Gasteiger partial charge in [0.05, 0.1) is 0 Å². The van der Waals surface area contributed by atoms with Crippen molar-refractivity contribution < 1.29 is 0 Å². The molecule has 48 heavy (non-hydrogen) atoms. The Morgan fingerprint density at radius 2 is 0.604 bits per heavy atom. The van der Waals surface area contributed by atoms with E-state index in [1.54, 1.807) is 0 Å². The highest BCUT2D eigenvalue weighted by Crippen LogP contribution is 2.37. The highest BCUT2D eigenvalue weighted by atomic mass is 15.0.